The highest BCUT2D eigenvalue weighted by atomic mass is 35.5. The number of rotatable bonds is 5. The first-order valence-electron chi connectivity index (χ1n) is 13.6. The van der Waals surface area contributed by atoms with Crippen molar-refractivity contribution < 1.29 is 33.7 Å². The largest absolute Gasteiger partial charge is 0.486 e. The van der Waals surface area contributed by atoms with Gasteiger partial charge in [0.25, 0.3) is 0 Å². The van der Waals surface area contributed by atoms with E-state index in [9.17, 15) is 19.5 Å². The average Bonchev–Trinajstić information content (AvgIpc) is 3.01. The van der Waals surface area contributed by atoms with Crippen LogP contribution in [0.4, 0.5) is 5.69 Å². The van der Waals surface area contributed by atoms with Gasteiger partial charge in [-0.15, -0.1) is 0 Å². The number of ether oxygens (including phenoxy) is 3. The van der Waals surface area contributed by atoms with Crippen LogP contribution in [0.1, 0.15) is 51.3 Å². The summed E-state index contributed by atoms with van der Waals surface area (Å²) in [6.07, 6.45) is -0.378. The van der Waals surface area contributed by atoms with Crippen molar-refractivity contribution in [3.05, 3.63) is 52.5 Å². The van der Waals surface area contributed by atoms with Crippen LogP contribution in [0.2, 0.25) is 5.02 Å². The van der Waals surface area contributed by atoms with Gasteiger partial charge in [-0.3, -0.25) is 9.59 Å². The summed E-state index contributed by atoms with van der Waals surface area (Å²) in [5.41, 5.74) is -0.235. The van der Waals surface area contributed by atoms with Crippen molar-refractivity contribution in [1.29, 1.82) is 0 Å². The maximum atomic E-state index is 14.5. The molecule has 2 unspecified atom stereocenters. The smallest absolute Gasteiger partial charge is 0.344 e. The second kappa shape index (κ2) is 10.4. The van der Waals surface area contributed by atoms with Gasteiger partial charge in [0.05, 0.1) is 6.54 Å². The number of carbonyl (C=O) groups excluding carboxylic acids is 2. The minimum Gasteiger partial charge on any atom is -0.486 e. The van der Waals surface area contributed by atoms with Crippen LogP contribution < -0.4 is 19.3 Å². The lowest BCUT2D eigenvalue weighted by Crippen LogP contribution is -2.75. The van der Waals surface area contributed by atoms with Gasteiger partial charge in [0.15, 0.2) is 29.3 Å². The van der Waals surface area contributed by atoms with Crippen molar-refractivity contribution in [3.8, 4) is 11.5 Å². The lowest BCUT2D eigenvalue weighted by Gasteiger charge is -2.51. The molecule has 214 valence electrons. The molecule has 3 aliphatic rings. The zero-order valence-electron chi connectivity index (χ0n) is 23.3. The molecule has 0 aliphatic carbocycles. The molecule has 9 nitrogen and oxygen atoms in total. The maximum Gasteiger partial charge on any atom is 0.344 e. The van der Waals surface area contributed by atoms with E-state index in [1.54, 1.807) is 18.2 Å². The number of carboxylic acid groups (broad SMARTS) is 1. The van der Waals surface area contributed by atoms with E-state index in [4.69, 9.17) is 25.8 Å². The van der Waals surface area contributed by atoms with Crippen molar-refractivity contribution >= 4 is 34.9 Å². The number of carbonyl (C=O) groups is 3. The highest BCUT2D eigenvalue weighted by Crippen LogP contribution is 2.49. The summed E-state index contributed by atoms with van der Waals surface area (Å²) in [4.78, 5) is 40.8. The molecule has 2 aromatic rings. The average molecular weight is 572 g/mol. The number of nitrogens with zero attached hydrogens (tertiary/aromatic N) is 1. The molecule has 3 heterocycles. The summed E-state index contributed by atoms with van der Waals surface area (Å²) >= 11 is 6.55. The molecular weight excluding hydrogens is 536 g/mol. The zero-order chi connectivity index (χ0) is 28.9. The summed E-state index contributed by atoms with van der Waals surface area (Å²) in [5, 5.41) is 14.2. The van der Waals surface area contributed by atoms with E-state index in [0.717, 1.165) is 5.56 Å². The molecule has 10 heteroatoms. The highest BCUT2D eigenvalue weighted by Gasteiger charge is 2.65. The molecule has 2 N–H and O–H groups in total. The molecule has 1 amide bonds. The Labute approximate surface area is 238 Å². The number of ketones is 1. The number of Topliss-reactive ketones (excluding diaryl/α,β-unsaturated/α-hetero) is 1. The quantitative estimate of drug-likeness (QED) is 0.407. The first kappa shape index (κ1) is 28.5. The van der Waals surface area contributed by atoms with Crippen LogP contribution in [0, 0.1) is 10.8 Å². The first-order chi connectivity index (χ1) is 18.9. The number of hydrogen-bond donors (Lipinski definition) is 2. The first-order valence-corrected chi connectivity index (χ1v) is 14.0. The van der Waals surface area contributed by atoms with Crippen molar-refractivity contribution in [2.24, 2.45) is 10.8 Å². The fraction of sp³-hybridized carbons (Fsp3) is 0.500. The van der Waals surface area contributed by atoms with Crippen LogP contribution in [0.3, 0.4) is 0 Å². The number of quaternary nitrogens is 1. The van der Waals surface area contributed by atoms with E-state index in [1.165, 1.54) is 6.92 Å². The Morgan fingerprint density at radius 3 is 2.52 bits per heavy atom. The molecule has 1 fully saturated rings. The van der Waals surface area contributed by atoms with E-state index in [0.29, 0.717) is 54.0 Å². The fourth-order valence-electron chi connectivity index (χ4n) is 6.68. The van der Waals surface area contributed by atoms with Crippen LogP contribution in [-0.2, 0) is 19.1 Å². The lowest BCUT2D eigenvalue weighted by atomic mass is 9.70. The lowest BCUT2D eigenvalue weighted by molar-refractivity contribution is -0.164. The Balaban J connectivity index is 1.78. The van der Waals surface area contributed by atoms with Gasteiger partial charge in [0.1, 0.15) is 31.0 Å². The number of piperidine rings is 1. The number of amides is 1. The molecule has 3 aliphatic heterocycles. The number of benzene rings is 2. The summed E-state index contributed by atoms with van der Waals surface area (Å²) in [7, 11) is 0. The SMILES string of the molecule is CC(=O)[C@@]1(C(=O)O)CNCC[C@H]1[N+]1(CC(C)(C)C)C(=O)COC(c2ccc3c(c2)OCCO3)c2cc(Cl)ccc21. The Hall–Kier alpha value is -2.98. The molecule has 2 aromatic carbocycles. The van der Waals surface area contributed by atoms with Crippen LogP contribution in [0.25, 0.3) is 0 Å². The summed E-state index contributed by atoms with van der Waals surface area (Å²) in [6.45, 7) is 8.63. The minimum absolute atomic E-state index is 0.0604. The summed E-state index contributed by atoms with van der Waals surface area (Å²) < 4.78 is 17.5. The Morgan fingerprint density at radius 2 is 1.85 bits per heavy atom. The van der Waals surface area contributed by atoms with Crippen LogP contribution >= 0.6 is 11.6 Å². The molecule has 0 aromatic heterocycles. The number of halogens is 1. The van der Waals surface area contributed by atoms with Gasteiger partial charge in [-0.1, -0.05) is 38.4 Å². The topological polar surface area (TPSA) is 111 Å². The van der Waals surface area contributed by atoms with Gasteiger partial charge >= 0.3 is 11.9 Å². The molecule has 0 spiro atoms. The standard InChI is InChI=1S/C30H35ClN2O7/c1-18(34)30(28(36)37)16-32-10-9-25(30)33(17-29(2,3)4)22-7-6-20(31)14-21(22)27(40-15-26(33)35)19-5-8-23-24(13-19)39-12-11-38-23/h5-8,13-14,25,27,32H,9-12,15-17H2,1-4H3/p+1/t25-,27?,30+,33?/m1/s1. The predicted octanol–water partition coefficient (Wildman–Crippen LogP) is 4.13. The van der Waals surface area contributed by atoms with E-state index in [2.05, 4.69) is 5.32 Å². The van der Waals surface area contributed by atoms with Crippen molar-refractivity contribution in [1.82, 2.24) is 9.80 Å². The van der Waals surface area contributed by atoms with Gasteiger partial charge < -0.3 is 24.6 Å². The second-order valence-electron chi connectivity index (χ2n) is 12.1. The Morgan fingerprint density at radius 1 is 1.12 bits per heavy atom. The normalized spacial score (nSPS) is 28.4. The maximum absolute atomic E-state index is 14.5. The third-order valence-electron chi connectivity index (χ3n) is 8.22. The number of carboxylic acids is 1. The monoisotopic (exact) mass is 571 g/mol. The van der Waals surface area contributed by atoms with E-state index in [1.807, 2.05) is 39.0 Å². The van der Waals surface area contributed by atoms with E-state index >= 15 is 0 Å². The van der Waals surface area contributed by atoms with Crippen molar-refractivity contribution in [2.45, 2.75) is 46.3 Å². The minimum atomic E-state index is -1.81. The Bertz CT molecular complexity index is 1340. The van der Waals surface area contributed by atoms with Crippen LogP contribution in [0.15, 0.2) is 36.4 Å². The van der Waals surface area contributed by atoms with E-state index < -0.39 is 34.7 Å². The van der Waals surface area contributed by atoms with Gasteiger partial charge in [-0.2, -0.15) is 0 Å². The summed E-state index contributed by atoms with van der Waals surface area (Å²) in [5.74, 6) is -0.800. The van der Waals surface area contributed by atoms with Gasteiger partial charge in [0.2, 0.25) is 0 Å². The predicted molar refractivity (Wildman–Crippen MR) is 150 cm³/mol. The van der Waals surface area contributed by atoms with Crippen LogP contribution in [-0.4, -0.2) is 68.3 Å². The Kier molecular flexibility index (Phi) is 7.46. The number of hydrogen-bond acceptors (Lipinski definition) is 7. The fourth-order valence-corrected chi connectivity index (χ4v) is 6.86. The molecule has 0 bridgehead atoms. The van der Waals surface area contributed by atoms with Crippen LogP contribution in [0.5, 0.6) is 11.5 Å². The third-order valence-corrected chi connectivity index (χ3v) is 8.46. The van der Waals surface area contributed by atoms with Crippen molar-refractivity contribution in [2.75, 3.05) is 39.5 Å². The van der Waals surface area contributed by atoms with Gasteiger partial charge in [-0.25, -0.2) is 9.28 Å². The zero-order valence-corrected chi connectivity index (χ0v) is 24.0. The van der Waals surface area contributed by atoms with Gasteiger partial charge in [0, 0.05) is 41.6 Å². The number of nitrogens with one attached hydrogen (secondary N) is 1. The second-order valence-corrected chi connectivity index (χ2v) is 12.5. The van der Waals surface area contributed by atoms with Gasteiger partial charge in [-0.05, 0) is 36.8 Å². The molecule has 0 radical (unpaired) electrons. The molecule has 1 saturated heterocycles. The molecule has 4 atom stereocenters. The van der Waals surface area contributed by atoms with E-state index in [-0.39, 0.29) is 30.1 Å². The number of fused-ring (bicyclic) bond motifs is 2. The van der Waals surface area contributed by atoms with Crippen molar-refractivity contribution in [3.63, 3.8) is 0 Å². The molecular formula is C30H36ClN2O7+. The molecule has 0 saturated carbocycles. The highest BCUT2D eigenvalue weighted by molar-refractivity contribution is 6.30. The number of aliphatic carboxylic acids is 1. The molecule has 5 rings (SSSR count). The summed E-state index contributed by atoms with van der Waals surface area (Å²) in [6, 6.07) is 9.97. The third kappa shape index (κ3) is 4.68. The molecule has 40 heavy (non-hydrogen) atoms.